The zero-order valence-corrected chi connectivity index (χ0v) is 14.2. The minimum atomic E-state index is -0.419. The molecular formula is C17H21N3O4. The Labute approximate surface area is 140 Å². The topological polar surface area (TPSA) is 86.4 Å². The molecule has 0 radical (unpaired) electrons. The quantitative estimate of drug-likeness (QED) is 0.649. The van der Waals surface area contributed by atoms with E-state index in [1.165, 1.54) is 10.6 Å². The van der Waals surface area contributed by atoms with E-state index in [0.717, 1.165) is 11.1 Å². The van der Waals surface area contributed by atoms with Crippen LogP contribution in [-0.4, -0.2) is 29.2 Å². The number of hydrogen-bond donors (Lipinski definition) is 1. The fraction of sp³-hybridized carbons (Fsp3) is 0.353. The van der Waals surface area contributed by atoms with Gasteiger partial charge >= 0.3 is 0 Å². The molecule has 2 rings (SSSR count). The zero-order chi connectivity index (χ0) is 17.9. The van der Waals surface area contributed by atoms with Crippen LogP contribution in [0, 0.1) is 17.0 Å². The Morgan fingerprint density at radius 1 is 1.33 bits per heavy atom. The average molecular weight is 331 g/mol. The molecule has 1 aromatic heterocycles. The van der Waals surface area contributed by atoms with Crippen molar-refractivity contribution in [1.82, 2.24) is 4.57 Å². The van der Waals surface area contributed by atoms with Gasteiger partial charge in [-0.3, -0.25) is 14.9 Å². The first-order chi connectivity index (χ1) is 11.3. The number of aryl methyl sites for hydroxylation is 2. The molecule has 24 heavy (non-hydrogen) atoms. The van der Waals surface area contributed by atoms with Crippen molar-refractivity contribution in [2.45, 2.75) is 19.9 Å². The molecule has 0 aliphatic heterocycles. The summed E-state index contributed by atoms with van der Waals surface area (Å²) in [6, 6.07) is 6.59. The molecule has 0 fully saturated rings. The number of anilines is 1. The van der Waals surface area contributed by atoms with Gasteiger partial charge in [0.25, 0.3) is 11.2 Å². The first-order valence-electron chi connectivity index (χ1n) is 7.55. The summed E-state index contributed by atoms with van der Waals surface area (Å²) in [5.74, 6) is 0. The summed E-state index contributed by atoms with van der Waals surface area (Å²) in [4.78, 5) is 22.7. The number of pyridine rings is 1. The van der Waals surface area contributed by atoms with Crippen LogP contribution in [0.4, 0.5) is 11.4 Å². The van der Waals surface area contributed by atoms with Crippen molar-refractivity contribution in [3.05, 3.63) is 56.5 Å². The van der Waals surface area contributed by atoms with Crippen LogP contribution in [0.2, 0.25) is 0 Å². The highest BCUT2D eigenvalue weighted by Gasteiger charge is 2.17. The molecule has 0 saturated heterocycles. The van der Waals surface area contributed by atoms with Crippen molar-refractivity contribution in [1.29, 1.82) is 0 Å². The third-order valence-corrected chi connectivity index (χ3v) is 3.71. The van der Waals surface area contributed by atoms with Gasteiger partial charge in [0, 0.05) is 38.0 Å². The molecule has 0 amide bonds. The van der Waals surface area contributed by atoms with Gasteiger partial charge in [-0.05, 0) is 43.2 Å². The number of nitrogens with one attached hydrogen (secondary N) is 1. The monoisotopic (exact) mass is 331 g/mol. The second-order valence-electron chi connectivity index (χ2n) is 5.82. The minimum Gasteiger partial charge on any atom is -0.383 e. The maximum Gasteiger partial charge on any atom is 0.292 e. The van der Waals surface area contributed by atoms with Gasteiger partial charge in [-0.2, -0.15) is 0 Å². The van der Waals surface area contributed by atoms with Gasteiger partial charge in [0.1, 0.15) is 5.69 Å². The number of nitrogens with zero attached hydrogens (tertiary/aromatic N) is 2. The van der Waals surface area contributed by atoms with E-state index in [-0.39, 0.29) is 17.3 Å². The number of nitro groups is 1. The van der Waals surface area contributed by atoms with Gasteiger partial charge in [-0.1, -0.05) is 0 Å². The largest absolute Gasteiger partial charge is 0.383 e. The van der Waals surface area contributed by atoms with Crippen molar-refractivity contribution in [2.75, 3.05) is 19.0 Å². The van der Waals surface area contributed by atoms with E-state index in [9.17, 15) is 14.9 Å². The third kappa shape index (κ3) is 3.80. The molecule has 0 spiro atoms. The van der Waals surface area contributed by atoms with E-state index in [1.807, 2.05) is 6.92 Å². The van der Waals surface area contributed by atoms with Crippen LogP contribution in [0.5, 0.6) is 0 Å². The standard InChI is InChI=1S/C17H21N3O4/c1-11-7-14(9-19(3)17(11)21)13-5-6-16(20(22)23)15(8-13)18-12(2)10-24-4/h5-9,12,18H,10H2,1-4H3. The van der Waals surface area contributed by atoms with Gasteiger partial charge < -0.3 is 14.6 Å². The highest BCUT2D eigenvalue weighted by Crippen LogP contribution is 2.31. The van der Waals surface area contributed by atoms with Gasteiger partial charge in [0.2, 0.25) is 0 Å². The maximum atomic E-state index is 11.8. The fourth-order valence-electron chi connectivity index (χ4n) is 2.58. The predicted molar refractivity (Wildman–Crippen MR) is 93.5 cm³/mol. The molecule has 0 saturated carbocycles. The summed E-state index contributed by atoms with van der Waals surface area (Å²) in [6.07, 6.45) is 1.72. The van der Waals surface area contributed by atoms with Crippen molar-refractivity contribution in [2.24, 2.45) is 7.05 Å². The number of benzene rings is 1. The van der Waals surface area contributed by atoms with Gasteiger partial charge in [0.05, 0.1) is 11.5 Å². The molecule has 1 atom stereocenters. The predicted octanol–water partition coefficient (Wildman–Crippen LogP) is 2.72. The zero-order valence-electron chi connectivity index (χ0n) is 14.2. The molecule has 0 bridgehead atoms. The van der Waals surface area contributed by atoms with Gasteiger partial charge in [-0.15, -0.1) is 0 Å². The van der Waals surface area contributed by atoms with Crippen molar-refractivity contribution in [3.63, 3.8) is 0 Å². The normalized spacial score (nSPS) is 12.0. The lowest BCUT2D eigenvalue weighted by molar-refractivity contribution is -0.384. The number of nitro benzene ring substituents is 1. The summed E-state index contributed by atoms with van der Waals surface area (Å²) >= 11 is 0. The second-order valence-corrected chi connectivity index (χ2v) is 5.82. The lowest BCUT2D eigenvalue weighted by Gasteiger charge is -2.15. The third-order valence-electron chi connectivity index (χ3n) is 3.71. The first-order valence-corrected chi connectivity index (χ1v) is 7.55. The summed E-state index contributed by atoms with van der Waals surface area (Å²) in [6.45, 7) is 4.06. The van der Waals surface area contributed by atoms with Crippen LogP contribution in [0.1, 0.15) is 12.5 Å². The van der Waals surface area contributed by atoms with E-state index in [1.54, 1.807) is 45.5 Å². The van der Waals surface area contributed by atoms with E-state index >= 15 is 0 Å². The summed E-state index contributed by atoms with van der Waals surface area (Å²) in [5.41, 5.74) is 2.61. The average Bonchev–Trinajstić information content (AvgIpc) is 2.52. The molecule has 7 heteroatoms. The number of rotatable bonds is 6. The van der Waals surface area contributed by atoms with Crippen LogP contribution in [-0.2, 0) is 11.8 Å². The van der Waals surface area contributed by atoms with Crippen LogP contribution in [0.15, 0.2) is 35.3 Å². The summed E-state index contributed by atoms with van der Waals surface area (Å²) in [7, 11) is 3.26. The molecule has 1 aromatic carbocycles. The van der Waals surface area contributed by atoms with Crippen molar-refractivity contribution < 1.29 is 9.66 Å². The fourth-order valence-corrected chi connectivity index (χ4v) is 2.58. The minimum absolute atomic E-state index is 0.00300. The number of hydrogen-bond acceptors (Lipinski definition) is 5. The lowest BCUT2D eigenvalue weighted by Crippen LogP contribution is -2.21. The van der Waals surface area contributed by atoms with Gasteiger partial charge in [0.15, 0.2) is 0 Å². The number of methoxy groups -OCH3 is 1. The molecule has 0 aliphatic carbocycles. The highest BCUT2D eigenvalue weighted by atomic mass is 16.6. The SMILES string of the molecule is COCC(C)Nc1cc(-c2cc(C)c(=O)n(C)c2)ccc1[N+](=O)[O-]. The molecule has 7 nitrogen and oxygen atoms in total. The Balaban J connectivity index is 2.49. The Kier molecular flexibility index (Phi) is 5.35. The smallest absolute Gasteiger partial charge is 0.292 e. The van der Waals surface area contributed by atoms with Gasteiger partial charge in [-0.25, -0.2) is 0 Å². The van der Waals surface area contributed by atoms with Crippen LogP contribution in [0.3, 0.4) is 0 Å². The lowest BCUT2D eigenvalue weighted by atomic mass is 10.0. The molecule has 2 aromatic rings. The molecule has 128 valence electrons. The molecule has 1 unspecified atom stereocenters. The van der Waals surface area contributed by atoms with Crippen molar-refractivity contribution >= 4 is 11.4 Å². The Bertz CT molecular complexity index is 788. The van der Waals surface area contributed by atoms with Crippen molar-refractivity contribution in [3.8, 4) is 11.1 Å². The Morgan fingerprint density at radius 2 is 2.04 bits per heavy atom. The molecular weight excluding hydrogens is 310 g/mol. The van der Waals surface area contributed by atoms with E-state index < -0.39 is 4.92 Å². The summed E-state index contributed by atoms with van der Waals surface area (Å²) in [5, 5.41) is 14.4. The summed E-state index contributed by atoms with van der Waals surface area (Å²) < 4.78 is 6.57. The second kappa shape index (κ2) is 7.27. The first kappa shape index (κ1) is 17.7. The Hall–Kier alpha value is -2.67. The van der Waals surface area contributed by atoms with E-state index in [0.29, 0.717) is 17.9 Å². The molecule has 1 heterocycles. The van der Waals surface area contributed by atoms with Crippen LogP contribution < -0.4 is 10.9 Å². The number of aromatic nitrogens is 1. The Morgan fingerprint density at radius 3 is 2.62 bits per heavy atom. The van der Waals surface area contributed by atoms with E-state index in [2.05, 4.69) is 5.32 Å². The number of ether oxygens (including phenoxy) is 1. The van der Waals surface area contributed by atoms with Crippen LogP contribution in [0.25, 0.3) is 11.1 Å². The van der Waals surface area contributed by atoms with Crippen LogP contribution >= 0.6 is 0 Å². The highest BCUT2D eigenvalue weighted by molar-refractivity contribution is 5.74. The maximum absolute atomic E-state index is 11.8. The molecule has 0 aliphatic rings. The van der Waals surface area contributed by atoms with E-state index in [4.69, 9.17) is 4.74 Å². The molecule has 1 N–H and O–H groups in total.